The van der Waals surface area contributed by atoms with Gasteiger partial charge in [0.05, 0.1) is 6.61 Å². The average molecular weight is 358 g/mol. The molecule has 0 aromatic carbocycles. The summed E-state index contributed by atoms with van der Waals surface area (Å²) >= 11 is 0. The van der Waals surface area contributed by atoms with Gasteiger partial charge in [-0.05, 0) is 25.8 Å². The normalized spacial score (nSPS) is 17.5. The molecule has 1 atom stereocenters. The first-order valence-corrected chi connectivity index (χ1v) is 9.13. The Bertz CT molecular complexity index is 811. The van der Waals surface area contributed by atoms with Gasteiger partial charge in [-0.15, -0.1) is 0 Å². The number of nitrogens with zero attached hydrogens (tertiary/aromatic N) is 4. The highest BCUT2D eigenvalue weighted by molar-refractivity contribution is 5.94. The van der Waals surface area contributed by atoms with Crippen molar-refractivity contribution in [2.24, 2.45) is 0 Å². The molecule has 0 unspecified atom stereocenters. The van der Waals surface area contributed by atoms with Crippen LogP contribution in [-0.2, 0) is 17.8 Å². The lowest BCUT2D eigenvalue weighted by Gasteiger charge is -2.32. The maximum atomic E-state index is 12.9. The van der Waals surface area contributed by atoms with Gasteiger partial charge >= 0.3 is 0 Å². The van der Waals surface area contributed by atoms with Gasteiger partial charge < -0.3 is 18.8 Å². The Labute approximate surface area is 153 Å². The van der Waals surface area contributed by atoms with Crippen molar-refractivity contribution in [3.63, 3.8) is 0 Å². The van der Waals surface area contributed by atoms with Gasteiger partial charge in [-0.2, -0.15) is 0 Å². The van der Waals surface area contributed by atoms with E-state index in [1.165, 1.54) is 6.07 Å². The second-order valence-electron chi connectivity index (χ2n) is 6.60. The SMILES string of the molecule is CCn1ccc(C(=O)N2CCC[C@H](c3nccn3CCOC)C2)cc1=O. The Morgan fingerprint density at radius 1 is 1.35 bits per heavy atom. The summed E-state index contributed by atoms with van der Waals surface area (Å²) < 4.78 is 8.85. The third-order valence-electron chi connectivity index (χ3n) is 4.94. The first kappa shape index (κ1) is 18.4. The van der Waals surface area contributed by atoms with Crippen LogP contribution in [0, 0.1) is 0 Å². The van der Waals surface area contributed by atoms with E-state index in [0.29, 0.717) is 31.8 Å². The maximum Gasteiger partial charge on any atom is 0.254 e. The lowest BCUT2D eigenvalue weighted by Crippen LogP contribution is -2.40. The Hall–Kier alpha value is -2.41. The van der Waals surface area contributed by atoms with Crippen LogP contribution in [0.25, 0.3) is 0 Å². The van der Waals surface area contributed by atoms with Crippen molar-refractivity contribution in [3.8, 4) is 0 Å². The molecule has 1 aliphatic rings. The number of aromatic nitrogens is 3. The van der Waals surface area contributed by atoms with Crippen LogP contribution in [0.15, 0.2) is 35.5 Å². The van der Waals surface area contributed by atoms with Gasteiger partial charge in [0.1, 0.15) is 5.82 Å². The van der Waals surface area contributed by atoms with Crippen LogP contribution in [0.3, 0.4) is 0 Å². The molecule has 7 nitrogen and oxygen atoms in total. The number of pyridine rings is 1. The summed E-state index contributed by atoms with van der Waals surface area (Å²) in [5, 5.41) is 0. The van der Waals surface area contributed by atoms with Crippen molar-refractivity contribution in [2.45, 2.75) is 38.8 Å². The molecular weight excluding hydrogens is 332 g/mol. The molecule has 1 fully saturated rings. The van der Waals surface area contributed by atoms with Crippen molar-refractivity contribution in [1.29, 1.82) is 0 Å². The van der Waals surface area contributed by atoms with E-state index in [0.717, 1.165) is 25.2 Å². The molecule has 1 amide bonds. The van der Waals surface area contributed by atoms with E-state index in [9.17, 15) is 9.59 Å². The molecule has 140 valence electrons. The van der Waals surface area contributed by atoms with E-state index in [1.807, 2.05) is 18.0 Å². The van der Waals surface area contributed by atoms with E-state index < -0.39 is 0 Å². The van der Waals surface area contributed by atoms with Gasteiger partial charge in [0.2, 0.25) is 0 Å². The number of carbonyl (C=O) groups excluding carboxylic acids is 1. The van der Waals surface area contributed by atoms with E-state index in [-0.39, 0.29) is 17.4 Å². The topological polar surface area (TPSA) is 69.4 Å². The van der Waals surface area contributed by atoms with Crippen LogP contribution in [0.4, 0.5) is 0 Å². The van der Waals surface area contributed by atoms with Gasteiger partial charge in [-0.1, -0.05) is 0 Å². The van der Waals surface area contributed by atoms with Gasteiger partial charge in [-0.25, -0.2) is 4.98 Å². The number of amides is 1. The van der Waals surface area contributed by atoms with Gasteiger partial charge in [-0.3, -0.25) is 9.59 Å². The number of piperidine rings is 1. The third kappa shape index (κ3) is 3.88. The number of hydrogen-bond donors (Lipinski definition) is 0. The molecule has 1 saturated heterocycles. The summed E-state index contributed by atoms with van der Waals surface area (Å²) in [5.74, 6) is 1.13. The summed E-state index contributed by atoms with van der Waals surface area (Å²) in [6.45, 7) is 5.23. The molecule has 3 heterocycles. The van der Waals surface area contributed by atoms with Crippen molar-refractivity contribution in [2.75, 3.05) is 26.8 Å². The molecule has 0 saturated carbocycles. The van der Waals surface area contributed by atoms with Gasteiger partial charge in [0, 0.05) is 69.4 Å². The predicted molar refractivity (Wildman–Crippen MR) is 98.4 cm³/mol. The Balaban J connectivity index is 1.74. The number of methoxy groups -OCH3 is 1. The summed E-state index contributed by atoms with van der Waals surface area (Å²) in [7, 11) is 1.68. The summed E-state index contributed by atoms with van der Waals surface area (Å²) in [6, 6.07) is 3.17. The molecule has 1 aliphatic heterocycles. The highest BCUT2D eigenvalue weighted by Gasteiger charge is 2.28. The molecular formula is C19H26N4O3. The van der Waals surface area contributed by atoms with E-state index in [1.54, 1.807) is 30.1 Å². The summed E-state index contributed by atoms with van der Waals surface area (Å²) in [5.41, 5.74) is 0.324. The Morgan fingerprint density at radius 2 is 2.19 bits per heavy atom. The molecule has 3 rings (SSSR count). The van der Waals surface area contributed by atoms with Crippen molar-refractivity contribution < 1.29 is 9.53 Å². The zero-order valence-corrected chi connectivity index (χ0v) is 15.4. The highest BCUT2D eigenvalue weighted by atomic mass is 16.5. The molecule has 7 heteroatoms. The number of hydrogen-bond acceptors (Lipinski definition) is 4. The van der Waals surface area contributed by atoms with Crippen LogP contribution in [0.1, 0.15) is 41.9 Å². The first-order chi connectivity index (χ1) is 12.6. The molecule has 2 aromatic rings. The average Bonchev–Trinajstić information content (AvgIpc) is 3.14. The molecule has 0 radical (unpaired) electrons. The Morgan fingerprint density at radius 3 is 2.92 bits per heavy atom. The molecule has 0 aliphatic carbocycles. The van der Waals surface area contributed by atoms with Gasteiger partial charge in [0.15, 0.2) is 0 Å². The van der Waals surface area contributed by atoms with Crippen LogP contribution in [0.2, 0.25) is 0 Å². The molecule has 0 spiro atoms. The quantitative estimate of drug-likeness (QED) is 0.789. The highest BCUT2D eigenvalue weighted by Crippen LogP contribution is 2.26. The zero-order chi connectivity index (χ0) is 18.5. The van der Waals surface area contributed by atoms with Crippen molar-refractivity contribution in [1.82, 2.24) is 19.0 Å². The van der Waals surface area contributed by atoms with Crippen LogP contribution >= 0.6 is 0 Å². The molecule has 26 heavy (non-hydrogen) atoms. The minimum atomic E-state index is -0.137. The second-order valence-corrected chi connectivity index (χ2v) is 6.60. The largest absolute Gasteiger partial charge is 0.383 e. The second kappa shape index (κ2) is 8.31. The standard InChI is InChI=1S/C19H26N4O3/c1-3-21-9-6-15(13-17(21)24)19(25)23-8-4-5-16(14-23)18-20-7-10-22(18)11-12-26-2/h6-7,9-10,13,16H,3-5,8,11-12,14H2,1-2H3/t16-/m0/s1. The fourth-order valence-electron chi connectivity index (χ4n) is 3.52. The van der Waals surface area contributed by atoms with E-state index >= 15 is 0 Å². The summed E-state index contributed by atoms with van der Waals surface area (Å²) in [6.07, 6.45) is 7.38. The van der Waals surface area contributed by atoms with Crippen LogP contribution in [0.5, 0.6) is 0 Å². The first-order valence-electron chi connectivity index (χ1n) is 9.13. The fourth-order valence-corrected chi connectivity index (χ4v) is 3.52. The zero-order valence-electron chi connectivity index (χ0n) is 15.4. The molecule has 0 bridgehead atoms. The van der Waals surface area contributed by atoms with E-state index in [2.05, 4.69) is 9.55 Å². The smallest absolute Gasteiger partial charge is 0.254 e. The molecule has 2 aromatic heterocycles. The molecule has 0 N–H and O–H groups in total. The minimum Gasteiger partial charge on any atom is -0.383 e. The number of ether oxygens (including phenoxy) is 1. The van der Waals surface area contributed by atoms with Gasteiger partial charge in [0.25, 0.3) is 11.5 Å². The predicted octanol–water partition coefficient (Wildman–Crippen LogP) is 1.73. The number of aryl methyl sites for hydroxylation is 1. The maximum absolute atomic E-state index is 12.9. The van der Waals surface area contributed by atoms with E-state index in [4.69, 9.17) is 4.74 Å². The number of imidazole rings is 1. The van der Waals surface area contributed by atoms with Crippen molar-refractivity contribution in [3.05, 3.63) is 52.5 Å². The number of likely N-dealkylation sites (tertiary alicyclic amines) is 1. The number of rotatable bonds is 6. The summed E-state index contributed by atoms with van der Waals surface area (Å²) in [4.78, 5) is 31.2. The third-order valence-corrected chi connectivity index (χ3v) is 4.94. The fraction of sp³-hybridized carbons (Fsp3) is 0.526. The lowest BCUT2D eigenvalue weighted by atomic mass is 9.96. The minimum absolute atomic E-state index is 0.0787. The Kier molecular flexibility index (Phi) is 5.88. The van der Waals surface area contributed by atoms with Crippen LogP contribution < -0.4 is 5.56 Å². The van der Waals surface area contributed by atoms with Crippen LogP contribution in [-0.4, -0.2) is 51.7 Å². The van der Waals surface area contributed by atoms with Crippen molar-refractivity contribution >= 4 is 5.91 Å². The lowest BCUT2D eigenvalue weighted by molar-refractivity contribution is 0.0702. The number of carbonyl (C=O) groups is 1. The monoisotopic (exact) mass is 358 g/mol.